The van der Waals surface area contributed by atoms with Crippen molar-refractivity contribution in [2.75, 3.05) is 5.43 Å². The maximum absolute atomic E-state index is 10.7. The predicted molar refractivity (Wildman–Crippen MR) is 90.8 cm³/mol. The number of hydrazone groups is 1. The number of nitro groups is 1. The van der Waals surface area contributed by atoms with Crippen LogP contribution in [-0.4, -0.2) is 16.1 Å². The van der Waals surface area contributed by atoms with Crippen LogP contribution >= 0.6 is 0 Å². The second-order valence-corrected chi connectivity index (χ2v) is 5.06. The van der Waals surface area contributed by atoms with E-state index in [1.54, 1.807) is 12.1 Å². The zero-order valence-corrected chi connectivity index (χ0v) is 12.4. The molecule has 2 aromatic carbocycles. The van der Waals surface area contributed by atoms with Crippen LogP contribution in [0.25, 0.3) is 10.9 Å². The summed E-state index contributed by atoms with van der Waals surface area (Å²) in [4.78, 5) is 14.8. The number of hydrogen-bond donors (Lipinski definition) is 1. The van der Waals surface area contributed by atoms with Gasteiger partial charge in [-0.25, -0.2) is 4.98 Å². The molecule has 3 rings (SSSR count). The summed E-state index contributed by atoms with van der Waals surface area (Å²) in [6.45, 7) is 2.01. The standard InChI is InChI=1S/C17H14N4O2/c1-12-9-17(19-16-8-3-2-7-15(12)16)20-18-11-13-5-4-6-14(10-13)21(22)23/h2-11H,1H3,(H,19,20)/b18-11+. The summed E-state index contributed by atoms with van der Waals surface area (Å²) < 4.78 is 0. The van der Waals surface area contributed by atoms with Crippen molar-refractivity contribution in [1.82, 2.24) is 4.98 Å². The molecule has 0 aliphatic carbocycles. The van der Waals surface area contributed by atoms with Gasteiger partial charge in [0, 0.05) is 23.1 Å². The lowest BCUT2D eigenvalue weighted by Crippen LogP contribution is -1.96. The van der Waals surface area contributed by atoms with Crippen molar-refractivity contribution in [3.05, 3.63) is 75.8 Å². The van der Waals surface area contributed by atoms with Gasteiger partial charge in [-0.2, -0.15) is 5.10 Å². The number of rotatable bonds is 4. The number of pyridine rings is 1. The van der Waals surface area contributed by atoms with Gasteiger partial charge in [0.05, 0.1) is 16.7 Å². The lowest BCUT2D eigenvalue weighted by molar-refractivity contribution is -0.384. The zero-order chi connectivity index (χ0) is 16.2. The van der Waals surface area contributed by atoms with Crippen molar-refractivity contribution >= 4 is 28.6 Å². The molecule has 0 atom stereocenters. The van der Waals surface area contributed by atoms with E-state index in [-0.39, 0.29) is 5.69 Å². The van der Waals surface area contributed by atoms with Crippen molar-refractivity contribution in [2.24, 2.45) is 5.10 Å². The SMILES string of the molecule is Cc1cc(N/N=C/c2cccc([N+](=O)[O-])c2)nc2ccccc12. The Labute approximate surface area is 132 Å². The third-order valence-corrected chi connectivity index (χ3v) is 3.40. The quantitative estimate of drug-likeness (QED) is 0.450. The van der Waals surface area contributed by atoms with E-state index >= 15 is 0 Å². The van der Waals surface area contributed by atoms with Crippen LogP contribution in [0.4, 0.5) is 11.5 Å². The highest BCUT2D eigenvalue weighted by Gasteiger charge is 2.04. The van der Waals surface area contributed by atoms with Crippen molar-refractivity contribution < 1.29 is 4.92 Å². The van der Waals surface area contributed by atoms with Crippen molar-refractivity contribution in [3.63, 3.8) is 0 Å². The van der Waals surface area contributed by atoms with Gasteiger partial charge >= 0.3 is 0 Å². The minimum absolute atomic E-state index is 0.0358. The molecule has 0 amide bonds. The maximum Gasteiger partial charge on any atom is 0.270 e. The number of nitrogens with one attached hydrogen (secondary N) is 1. The molecule has 1 aromatic heterocycles. The number of aryl methyl sites for hydroxylation is 1. The van der Waals surface area contributed by atoms with E-state index in [2.05, 4.69) is 15.5 Å². The van der Waals surface area contributed by atoms with Gasteiger partial charge in [-0.1, -0.05) is 30.3 Å². The number of para-hydroxylation sites is 1. The summed E-state index contributed by atoms with van der Waals surface area (Å²) in [7, 11) is 0. The van der Waals surface area contributed by atoms with E-state index in [1.165, 1.54) is 18.3 Å². The number of fused-ring (bicyclic) bond motifs is 1. The summed E-state index contributed by atoms with van der Waals surface area (Å²) in [5, 5.41) is 15.9. The monoisotopic (exact) mass is 306 g/mol. The van der Waals surface area contributed by atoms with Gasteiger partial charge < -0.3 is 0 Å². The molecule has 0 saturated heterocycles. The third-order valence-electron chi connectivity index (χ3n) is 3.40. The molecule has 0 bridgehead atoms. The molecule has 1 heterocycles. The van der Waals surface area contributed by atoms with E-state index in [0.717, 1.165) is 16.5 Å². The third kappa shape index (κ3) is 3.32. The predicted octanol–water partition coefficient (Wildman–Crippen LogP) is 3.90. The fourth-order valence-electron chi connectivity index (χ4n) is 2.30. The molecule has 0 spiro atoms. The largest absolute Gasteiger partial charge is 0.270 e. The molecule has 0 saturated carbocycles. The Kier molecular flexibility index (Phi) is 3.97. The van der Waals surface area contributed by atoms with E-state index in [9.17, 15) is 10.1 Å². The summed E-state index contributed by atoms with van der Waals surface area (Å²) in [6, 6.07) is 16.1. The lowest BCUT2D eigenvalue weighted by atomic mass is 10.1. The smallest absolute Gasteiger partial charge is 0.261 e. The molecular formula is C17H14N4O2. The van der Waals surface area contributed by atoms with Gasteiger partial charge in [0.15, 0.2) is 0 Å². The van der Waals surface area contributed by atoms with Crippen LogP contribution in [0, 0.1) is 17.0 Å². The Bertz CT molecular complexity index is 906. The van der Waals surface area contributed by atoms with Crippen LogP contribution < -0.4 is 5.43 Å². The molecular weight excluding hydrogens is 292 g/mol. The highest BCUT2D eigenvalue weighted by molar-refractivity contribution is 5.84. The van der Waals surface area contributed by atoms with Crippen LogP contribution in [0.1, 0.15) is 11.1 Å². The van der Waals surface area contributed by atoms with Gasteiger partial charge in [-0.05, 0) is 24.6 Å². The Balaban J connectivity index is 1.80. The fraction of sp³-hybridized carbons (Fsp3) is 0.0588. The first-order chi connectivity index (χ1) is 11.1. The minimum atomic E-state index is -0.432. The topological polar surface area (TPSA) is 80.4 Å². The van der Waals surface area contributed by atoms with Crippen molar-refractivity contribution in [2.45, 2.75) is 6.92 Å². The van der Waals surface area contributed by atoms with Gasteiger partial charge in [0.2, 0.25) is 0 Å². The summed E-state index contributed by atoms with van der Waals surface area (Å²) in [5.74, 6) is 0.628. The molecule has 0 aliphatic heterocycles. The van der Waals surface area contributed by atoms with Gasteiger partial charge in [-0.3, -0.25) is 15.5 Å². The Hall–Kier alpha value is -3.28. The van der Waals surface area contributed by atoms with Gasteiger partial charge in [0.25, 0.3) is 5.69 Å². The first-order valence-electron chi connectivity index (χ1n) is 7.03. The zero-order valence-electron chi connectivity index (χ0n) is 12.4. The normalized spacial score (nSPS) is 11.0. The first kappa shape index (κ1) is 14.6. The molecule has 23 heavy (non-hydrogen) atoms. The van der Waals surface area contributed by atoms with Gasteiger partial charge in [0.1, 0.15) is 5.82 Å². The van der Waals surface area contributed by atoms with E-state index in [1.807, 2.05) is 37.3 Å². The second-order valence-electron chi connectivity index (χ2n) is 5.06. The van der Waals surface area contributed by atoms with E-state index < -0.39 is 4.92 Å². The van der Waals surface area contributed by atoms with E-state index in [0.29, 0.717) is 11.4 Å². The van der Waals surface area contributed by atoms with Crippen LogP contribution in [0.15, 0.2) is 59.7 Å². The maximum atomic E-state index is 10.7. The fourth-order valence-corrected chi connectivity index (χ4v) is 2.30. The molecule has 0 radical (unpaired) electrons. The molecule has 0 aliphatic rings. The van der Waals surface area contributed by atoms with Crippen molar-refractivity contribution in [3.8, 4) is 0 Å². The van der Waals surface area contributed by atoms with Crippen LogP contribution in [0.2, 0.25) is 0 Å². The number of hydrogen-bond acceptors (Lipinski definition) is 5. The molecule has 3 aromatic rings. The second kappa shape index (κ2) is 6.23. The van der Waals surface area contributed by atoms with Crippen LogP contribution in [0.5, 0.6) is 0 Å². The Morgan fingerprint density at radius 2 is 2.00 bits per heavy atom. The molecule has 1 N–H and O–H groups in total. The lowest BCUT2D eigenvalue weighted by Gasteiger charge is -2.05. The minimum Gasteiger partial charge on any atom is -0.261 e. The van der Waals surface area contributed by atoms with Crippen LogP contribution in [-0.2, 0) is 0 Å². The number of benzene rings is 2. The molecule has 0 fully saturated rings. The first-order valence-corrected chi connectivity index (χ1v) is 7.03. The number of nitrogens with zero attached hydrogens (tertiary/aromatic N) is 3. The molecule has 6 heteroatoms. The average Bonchev–Trinajstić information content (AvgIpc) is 2.55. The van der Waals surface area contributed by atoms with Crippen LogP contribution in [0.3, 0.4) is 0 Å². The number of anilines is 1. The number of non-ortho nitro benzene ring substituents is 1. The molecule has 6 nitrogen and oxygen atoms in total. The van der Waals surface area contributed by atoms with Gasteiger partial charge in [-0.15, -0.1) is 0 Å². The average molecular weight is 306 g/mol. The number of nitro benzene ring substituents is 1. The van der Waals surface area contributed by atoms with Crippen molar-refractivity contribution in [1.29, 1.82) is 0 Å². The highest BCUT2D eigenvalue weighted by atomic mass is 16.6. The summed E-state index contributed by atoms with van der Waals surface area (Å²) in [6.07, 6.45) is 1.53. The van der Waals surface area contributed by atoms with E-state index in [4.69, 9.17) is 0 Å². The number of aromatic nitrogens is 1. The Morgan fingerprint density at radius 1 is 1.17 bits per heavy atom. The molecule has 0 unspecified atom stereocenters. The molecule has 114 valence electrons. The summed E-state index contributed by atoms with van der Waals surface area (Å²) in [5.41, 5.74) is 5.53. The highest BCUT2D eigenvalue weighted by Crippen LogP contribution is 2.19. The summed E-state index contributed by atoms with van der Waals surface area (Å²) >= 11 is 0. The Morgan fingerprint density at radius 3 is 2.83 bits per heavy atom.